The van der Waals surface area contributed by atoms with Crippen LogP contribution < -0.4 is 0 Å². The maximum absolute atomic E-state index is 13.6. The smallest absolute Gasteiger partial charge is 0.221 e. The molecule has 0 N–H and O–H groups in total. The zero-order valence-corrected chi connectivity index (χ0v) is 9.74. The summed E-state index contributed by atoms with van der Waals surface area (Å²) in [5, 5.41) is 0. The third kappa shape index (κ3) is 2.96. The molecule has 17 heavy (non-hydrogen) atoms. The number of hydrogen-bond donors (Lipinski definition) is 0. The van der Waals surface area contributed by atoms with Gasteiger partial charge in [0.1, 0.15) is 5.82 Å². The molecule has 0 saturated carbocycles. The Kier molecular flexibility index (Phi) is 4.49. The van der Waals surface area contributed by atoms with Crippen molar-refractivity contribution in [2.24, 2.45) is 5.92 Å². The highest BCUT2D eigenvalue weighted by Crippen LogP contribution is 2.15. The summed E-state index contributed by atoms with van der Waals surface area (Å²) in [6.07, 6.45) is -1.83. The first kappa shape index (κ1) is 13.5. The topological polar surface area (TPSA) is 34.1 Å². The standard InChI is InChI=1S/C13H14F2O2/c1-3-8(2)12(16)11(15)13(17)9-6-4-5-7-10(9)14/h4-8,11H,3H2,1-2H3. The van der Waals surface area contributed by atoms with Crippen molar-refractivity contribution < 1.29 is 18.4 Å². The fourth-order valence-corrected chi connectivity index (χ4v) is 1.38. The third-order valence-electron chi connectivity index (χ3n) is 2.72. The summed E-state index contributed by atoms with van der Waals surface area (Å²) >= 11 is 0. The van der Waals surface area contributed by atoms with Crippen molar-refractivity contribution in [2.75, 3.05) is 0 Å². The summed E-state index contributed by atoms with van der Waals surface area (Å²) in [5.74, 6) is -3.24. The number of carbonyl (C=O) groups is 2. The van der Waals surface area contributed by atoms with Gasteiger partial charge in [-0.1, -0.05) is 26.0 Å². The third-order valence-corrected chi connectivity index (χ3v) is 2.72. The minimum absolute atomic E-state index is 0.378. The van der Waals surface area contributed by atoms with Crippen LogP contribution in [-0.4, -0.2) is 17.7 Å². The lowest BCUT2D eigenvalue weighted by Gasteiger charge is -2.11. The van der Waals surface area contributed by atoms with E-state index in [4.69, 9.17) is 0 Å². The van der Waals surface area contributed by atoms with E-state index in [1.54, 1.807) is 13.8 Å². The summed E-state index contributed by atoms with van der Waals surface area (Å²) in [4.78, 5) is 23.1. The zero-order valence-electron chi connectivity index (χ0n) is 9.74. The lowest BCUT2D eigenvalue weighted by molar-refractivity contribution is -0.125. The number of halogens is 2. The van der Waals surface area contributed by atoms with Gasteiger partial charge in [-0.3, -0.25) is 9.59 Å². The summed E-state index contributed by atoms with van der Waals surface area (Å²) in [5.41, 5.74) is -0.378. The molecule has 0 aromatic heterocycles. The molecule has 2 unspecified atom stereocenters. The molecule has 0 spiro atoms. The lowest BCUT2D eigenvalue weighted by Crippen LogP contribution is -2.30. The van der Waals surface area contributed by atoms with E-state index in [0.717, 1.165) is 6.07 Å². The fraction of sp³-hybridized carbons (Fsp3) is 0.385. The van der Waals surface area contributed by atoms with Crippen LogP contribution in [0.25, 0.3) is 0 Å². The van der Waals surface area contributed by atoms with Gasteiger partial charge in [0.15, 0.2) is 5.78 Å². The van der Waals surface area contributed by atoms with E-state index in [1.165, 1.54) is 18.2 Å². The van der Waals surface area contributed by atoms with Crippen LogP contribution in [0.15, 0.2) is 24.3 Å². The minimum Gasteiger partial charge on any atom is -0.296 e. The molecular weight excluding hydrogens is 226 g/mol. The summed E-state index contributed by atoms with van der Waals surface area (Å²) < 4.78 is 26.9. The van der Waals surface area contributed by atoms with Crippen LogP contribution in [0.3, 0.4) is 0 Å². The summed E-state index contributed by atoms with van der Waals surface area (Å²) in [7, 11) is 0. The predicted molar refractivity (Wildman–Crippen MR) is 60.1 cm³/mol. The van der Waals surface area contributed by atoms with Gasteiger partial charge in [-0.2, -0.15) is 0 Å². The van der Waals surface area contributed by atoms with Gasteiger partial charge in [-0.25, -0.2) is 8.78 Å². The van der Waals surface area contributed by atoms with Crippen molar-refractivity contribution >= 4 is 11.6 Å². The van der Waals surface area contributed by atoms with Crippen LogP contribution in [0.5, 0.6) is 0 Å². The summed E-state index contributed by atoms with van der Waals surface area (Å²) in [6, 6.07) is 5.06. The molecule has 0 saturated heterocycles. The molecule has 0 fully saturated rings. The maximum atomic E-state index is 13.6. The Hall–Kier alpha value is -1.58. The average Bonchev–Trinajstić information content (AvgIpc) is 2.35. The van der Waals surface area contributed by atoms with Gasteiger partial charge in [-0.05, 0) is 18.6 Å². The highest BCUT2D eigenvalue weighted by Gasteiger charge is 2.31. The second-order valence-electron chi connectivity index (χ2n) is 3.92. The number of hydrogen-bond acceptors (Lipinski definition) is 2. The Morgan fingerprint density at radius 2 is 1.88 bits per heavy atom. The molecule has 0 aliphatic heterocycles. The van der Waals surface area contributed by atoms with E-state index < -0.39 is 29.5 Å². The Morgan fingerprint density at radius 3 is 2.41 bits per heavy atom. The van der Waals surface area contributed by atoms with Crippen LogP contribution in [-0.2, 0) is 4.79 Å². The second-order valence-corrected chi connectivity index (χ2v) is 3.92. The van der Waals surface area contributed by atoms with Gasteiger partial charge >= 0.3 is 0 Å². The molecule has 0 aliphatic rings. The van der Waals surface area contributed by atoms with Crippen LogP contribution in [0.1, 0.15) is 30.6 Å². The van der Waals surface area contributed by atoms with Crippen LogP contribution >= 0.6 is 0 Å². The maximum Gasteiger partial charge on any atom is 0.221 e. The minimum atomic E-state index is -2.28. The molecule has 1 rings (SSSR count). The number of rotatable bonds is 5. The molecule has 0 bridgehead atoms. The van der Waals surface area contributed by atoms with Crippen molar-refractivity contribution in [3.63, 3.8) is 0 Å². The van der Waals surface area contributed by atoms with E-state index in [9.17, 15) is 18.4 Å². The quantitative estimate of drug-likeness (QED) is 0.585. The molecule has 2 nitrogen and oxygen atoms in total. The van der Waals surface area contributed by atoms with Crippen molar-refractivity contribution in [3.8, 4) is 0 Å². The number of benzene rings is 1. The van der Waals surface area contributed by atoms with Crippen LogP contribution in [0.2, 0.25) is 0 Å². The van der Waals surface area contributed by atoms with Gasteiger partial charge < -0.3 is 0 Å². The highest BCUT2D eigenvalue weighted by atomic mass is 19.1. The first-order chi connectivity index (χ1) is 7.99. The molecule has 1 aromatic rings. The Labute approximate surface area is 98.6 Å². The zero-order chi connectivity index (χ0) is 13.0. The van der Waals surface area contributed by atoms with E-state index in [0.29, 0.717) is 6.42 Å². The lowest BCUT2D eigenvalue weighted by atomic mass is 9.95. The van der Waals surface area contributed by atoms with E-state index in [2.05, 4.69) is 0 Å². The number of alkyl halides is 1. The average molecular weight is 240 g/mol. The first-order valence-corrected chi connectivity index (χ1v) is 5.45. The second kappa shape index (κ2) is 5.66. The van der Waals surface area contributed by atoms with E-state index in [-0.39, 0.29) is 5.56 Å². The largest absolute Gasteiger partial charge is 0.296 e. The molecule has 0 amide bonds. The molecule has 2 atom stereocenters. The van der Waals surface area contributed by atoms with Gasteiger partial charge in [0, 0.05) is 5.92 Å². The molecular formula is C13H14F2O2. The van der Waals surface area contributed by atoms with Gasteiger partial charge in [0.05, 0.1) is 5.56 Å². The van der Waals surface area contributed by atoms with E-state index in [1.807, 2.05) is 0 Å². The van der Waals surface area contributed by atoms with Crippen molar-refractivity contribution in [2.45, 2.75) is 26.4 Å². The monoisotopic (exact) mass is 240 g/mol. The molecule has 0 heterocycles. The molecule has 92 valence electrons. The van der Waals surface area contributed by atoms with E-state index >= 15 is 0 Å². The molecule has 1 aromatic carbocycles. The Bertz CT molecular complexity index is 429. The van der Waals surface area contributed by atoms with Crippen LogP contribution in [0.4, 0.5) is 8.78 Å². The summed E-state index contributed by atoms with van der Waals surface area (Å²) in [6.45, 7) is 3.27. The normalized spacial score (nSPS) is 14.1. The molecule has 4 heteroatoms. The number of Topliss-reactive ketones (excluding diaryl/α,β-unsaturated/α-hetero) is 2. The Morgan fingerprint density at radius 1 is 1.29 bits per heavy atom. The number of carbonyl (C=O) groups excluding carboxylic acids is 2. The van der Waals surface area contributed by atoms with Gasteiger partial charge in [0.25, 0.3) is 0 Å². The molecule has 0 radical (unpaired) electrons. The molecule has 0 aliphatic carbocycles. The SMILES string of the molecule is CCC(C)C(=O)C(F)C(=O)c1ccccc1F. The van der Waals surface area contributed by atoms with Crippen molar-refractivity contribution in [3.05, 3.63) is 35.6 Å². The van der Waals surface area contributed by atoms with Crippen molar-refractivity contribution in [1.82, 2.24) is 0 Å². The Balaban J connectivity index is 2.91. The highest BCUT2D eigenvalue weighted by molar-refractivity contribution is 6.13. The van der Waals surface area contributed by atoms with Gasteiger partial charge in [-0.15, -0.1) is 0 Å². The number of ketones is 2. The van der Waals surface area contributed by atoms with Crippen LogP contribution in [0, 0.1) is 11.7 Å². The van der Waals surface area contributed by atoms with Crippen molar-refractivity contribution in [1.29, 1.82) is 0 Å². The van der Waals surface area contributed by atoms with Gasteiger partial charge in [0.2, 0.25) is 12.0 Å². The first-order valence-electron chi connectivity index (χ1n) is 5.45. The fourth-order valence-electron chi connectivity index (χ4n) is 1.38. The predicted octanol–water partition coefficient (Wildman–Crippen LogP) is 2.96.